The van der Waals surface area contributed by atoms with E-state index in [0.29, 0.717) is 12.3 Å². The molecule has 15 heavy (non-hydrogen) atoms. The molecule has 0 spiro atoms. The summed E-state index contributed by atoms with van der Waals surface area (Å²) in [6, 6.07) is 5.62. The van der Waals surface area contributed by atoms with Gasteiger partial charge in [0.2, 0.25) is 0 Å². The van der Waals surface area contributed by atoms with Gasteiger partial charge in [-0.3, -0.25) is 0 Å². The van der Waals surface area contributed by atoms with Crippen molar-refractivity contribution in [1.82, 2.24) is 0 Å². The zero-order valence-corrected chi connectivity index (χ0v) is 10.8. The van der Waals surface area contributed by atoms with Gasteiger partial charge >= 0.3 is 0 Å². The van der Waals surface area contributed by atoms with Crippen LogP contribution < -0.4 is 0 Å². The molecular weight excluding hydrogens is 279 g/mol. The van der Waals surface area contributed by atoms with Crippen LogP contribution in [-0.4, -0.2) is 22.2 Å². The second-order valence-corrected chi connectivity index (χ2v) is 4.78. The van der Waals surface area contributed by atoms with E-state index < -0.39 is 12.2 Å². The maximum Gasteiger partial charge on any atom is 0.105 e. The van der Waals surface area contributed by atoms with Gasteiger partial charge in [0.1, 0.15) is 6.10 Å². The highest BCUT2D eigenvalue weighted by Crippen LogP contribution is 2.25. The average Bonchev–Trinajstić information content (AvgIpc) is 2.21. The van der Waals surface area contributed by atoms with Gasteiger partial charge < -0.3 is 10.2 Å². The van der Waals surface area contributed by atoms with E-state index in [2.05, 4.69) is 15.9 Å². The number of aliphatic hydroxyl groups is 2. The second kappa shape index (κ2) is 5.85. The van der Waals surface area contributed by atoms with E-state index in [9.17, 15) is 10.2 Å². The smallest absolute Gasteiger partial charge is 0.105 e. The first-order chi connectivity index (χ1) is 7.06. The summed E-state index contributed by atoms with van der Waals surface area (Å²) in [5.41, 5.74) is 1.70. The summed E-state index contributed by atoms with van der Waals surface area (Å²) >= 11 is 8.85. The van der Waals surface area contributed by atoms with Gasteiger partial charge in [-0.25, -0.2) is 0 Å². The quantitative estimate of drug-likeness (QED) is 0.838. The van der Waals surface area contributed by atoms with E-state index in [-0.39, 0.29) is 0 Å². The predicted octanol–water partition coefficient (Wildman–Crippen LogP) is 2.78. The fraction of sp³-hybridized carbons (Fsp3) is 0.455. The van der Waals surface area contributed by atoms with E-state index in [1.54, 1.807) is 0 Å². The highest BCUT2D eigenvalue weighted by molar-refractivity contribution is 9.10. The number of aliphatic hydroxyl groups excluding tert-OH is 2. The molecule has 0 radical (unpaired) electrons. The number of benzene rings is 1. The Morgan fingerprint density at radius 2 is 2.07 bits per heavy atom. The number of alkyl halides is 1. The van der Waals surface area contributed by atoms with Crippen molar-refractivity contribution >= 4 is 27.5 Å². The Bertz CT molecular complexity index is 330. The Morgan fingerprint density at radius 1 is 1.40 bits per heavy atom. The normalized spacial score (nSPS) is 15.0. The Labute approximate surface area is 103 Å². The average molecular weight is 294 g/mol. The van der Waals surface area contributed by atoms with Crippen molar-refractivity contribution < 1.29 is 10.2 Å². The van der Waals surface area contributed by atoms with Crippen LogP contribution in [-0.2, 0) is 0 Å². The monoisotopic (exact) mass is 292 g/mol. The molecule has 0 aliphatic rings. The standard InChI is InChI=1S/C11H14BrClO2/c1-7-2-3-8(12)6-9(7)11(15)10(14)4-5-13/h2-3,6,10-11,14-15H,4-5H2,1H3. The Morgan fingerprint density at radius 3 is 2.67 bits per heavy atom. The van der Waals surface area contributed by atoms with Crippen molar-refractivity contribution in [2.45, 2.75) is 25.6 Å². The molecule has 0 aliphatic carbocycles. The molecule has 4 heteroatoms. The molecule has 2 atom stereocenters. The van der Waals surface area contributed by atoms with Crippen LogP contribution in [0.25, 0.3) is 0 Å². The molecule has 0 saturated heterocycles. The van der Waals surface area contributed by atoms with Gasteiger partial charge in [0, 0.05) is 10.4 Å². The fourth-order valence-corrected chi connectivity index (χ4v) is 2.01. The van der Waals surface area contributed by atoms with E-state index in [0.717, 1.165) is 15.6 Å². The molecule has 84 valence electrons. The van der Waals surface area contributed by atoms with Crippen LogP contribution in [0.2, 0.25) is 0 Å². The van der Waals surface area contributed by atoms with Crippen LogP contribution in [0.3, 0.4) is 0 Å². The van der Waals surface area contributed by atoms with E-state index >= 15 is 0 Å². The highest BCUT2D eigenvalue weighted by Gasteiger charge is 2.19. The van der Waals surface area contributed by atoms with Gasteiger partial charge in [-0.2, -0.15) is 0 Å². The third-order valence-corrected chi connectivity index (χ3v) is 3.04. The minimum atomic E-state index is -0.874. The van der Waals surface area contributed by atoms with Crippen LogP contribution in [0.15, 0.2) is 22.7 Å². The first kappa shape index (κ1) is 13.0. The van der Waals surface area contributed by atoms with Gasteiger partial charge in [-0.1, -0.05) is 22.0 Å². The summed E-state index contributed by atoms with van der Waals surface area (Å²) in [6.07, 6.45) is -1.30. The minimum absolute atomic E-state index is 0.339. The lowest BCUT2D eigenvalue weighted by Crippen LogP contribution is -2.19. The molecule has 2 unspecified atom stereocenters. The number of rotatable bonds is 4. The summed E-state index contributed by atoms with van der Waals surface area (Å²) in [4.78, 5) is 0. The Kier molecular flexibility index (Phi) is 5.06. The third kappa shape index (κ3) is 3.45. The number of hydrogen-bond acceptors (Lipinski definition) is 2. The van der Waals surface area contributed by atoms with Gasteiger partial charge in [0.25, 0.3) is 0 Å². The molecule has 1 aromatic rings. The summed E-state index contributed by atoms with van der Waals surface area (Å²) in [7, 11) is 0. The molecule has 0 aliphatic heterocycles. The lowest BCUT2D eigenvalue weighted by atomic mass is 9.98. The number of hydrogen-bond donors (Lipinski definition) is 2. The molecule has 0 bridgehead atoms. The van der Waals surface area contributed by atoms with Gasteiger partial charge in [-0.15, -0.1) is 11.6 Å². The van der Waals surface area contributed by atoms with Crippen LogP contribution in [0.1, 0.15) is 23.7 Å². The molecule has 2 nitrogen and oxygen atoms in total. The fourth-order valence-electron chi connectivity index (χ4n) is 1.41. The molecule has 1 aromatic carbocycles. The SMILES string of the molecule is Cc1ccc(Br)cc1C(O)C(O)CCCl. The van der Waals surface area contributed by atoms with Crippen molar-refractivity contribution in [2.24, 2.45) is 0 Å². The minimum Gasteiger partial charge on any atom is -0.390 e. The van der Waals surface area contributed by atoms with Gasteiger partial charge in [0.05, 0.1) is 6.10 Å². The largest absolute Gasteiger partial charge is 0.390 e. The van der Waals surface area contributed by atoms with Gasteiger partial charge in [-0.05, 0) is 36.6 Å². The first-order valence-electron chi connectivity index (χ1n) is 4.74. The van der Waals surface area contributed by atoms with E-state index in [1.807, 2.05) is 25.1 Å². The van der Waals surface area contributed by atoms with Crippen molar-refractivity contribution in [1.29, 1.82) is 0 Å². The molecule has 0 fully saturated rings. The molecule has 1 rings (SSSR count). The zero-order chi connectivity index (χ0) is 11.4. The predicted molar refractivity (Wildman–Crippen MR) is 65.2 cm³/mol. The van der Waals surface area contributed by atoms with Crippen molar-refractivity contribution in [3.05, 3.63) is 33.8 Å². The van der Waals surface area contributed by atoms with Crippen molar-refractivity contribution in [3.63, 3.8) is 0 Å². The van der Waals surface area contributed by atoms with E-state index in [1.165, 1.54) is 0 Å². The Balaban J connectivity index is 2.89. The van der Waals surface area contributed by atoms with Crippen LogP contribution in [0, 0.1) is 6.92 Å². The van der Waals surface area contributed by atoms with Crippen LogP contribution in [0.5, 0.6) is 0 Å². The number of aryl methyl sites for hydroxylation is 1. The molecule has 0 amide bonds. The Hall–Kier alpha value is -0.0900. The number of halogens is 2. The molecule has 0 heterocycles. The summed E-state index contributed by atoms with van der Waals surface area (Å²) in [5.74, 6) is 0.339. The topological polar surface area (TPSA) is 40.5 Å². The van der Waals surface area contributed by atoms with Crippen LogP contribution in [0.4, 0.5) is 0 Å². The van der Waals surface area contributed by atoms with Crippen LogP contribution >= 0.6 is 27.5 Å². The third-order valence-electron chi connectivity index (χ3n) is 2.33. The highest BCUT2D eigenvalue weighted by atomic mass is 79.9. The van der Waals surface area contributed by atoms with Crippen molar-refractivity contribution in [3.8, 4) is 0 Å². The molecule has 0 aromatic heterocycles. The zero-order valence-electron chi connectivity index (χ0n) is 8.45. The molecule has 2 N–H and O–H groups in total. The summed E-state index contributed by atoms with van der Waals surface area (Å²) in [5, 5.41) is 19.5. The lowest BCUT2D eigenvalue weighted by molar-refractivity contribution is 0.0166. The summed E-state index contributed by atoms with van der Waals surface area (Å²) in [6.45, 7) is 1.90. The maximum absolute atomic E-state index is 9.90. The second-order valence-electron chi connectivity index (χ2n) is 3.49. The molecule has 0 saturated carbocycles. The van der Waals surface area contributed by atoms with Gasteiger partial charge in [0.15, 0.2) is 0 Å². The first-order valence-corrected chi connectivity index (χ1v) is 6.07. The van der Waals surface area contributed by atoms with Crippen molar-refractivity contribution in [2.75, 3.05) is 5.88 Å². The summed E-state index contributed by atoms with van der Waals surface area (Å²) < 4.78 is 0.889. The lowest BCUT2D eigenvalue weighted by Gasteiger charge is -2.19. The molecular formula is C11H14BrClO2. The maximum atomic E-state index is 9.90. The van der Waals surface area contributed by atoms with E-state index in [4.69, 9.17) is 11.6 Å².